The van der Waals surface area contributed by atoms with Gasteiger partial charge in [-0.05, 0) is 12.8 Å². The lowest BCUT2D eigenvalue weighted by molar-refractivity contribution is 0.0378. The van der Waals surface area contributed by atoms with Crippen LogP contribution in [0.4, 0.5) is 26.7 Å². The molecule has 1 amide bonds. The number of methoxy groups -OCH3 is 1. The summed E-state index contributed by atoms with van der Waals surface area (Å²) in [5.74, 6) is -11.6. The number of hydrogen-bond donors (Lipinski definition) is 0. The molecule has 0 aliphatic carbocycles. The third kappa shape index (κ3) is 2.55. The van der Waals surface area contributed by atoms with Crippen LogP contribution in [0, 0.1) is 29.1 Å². The van der Waals surface area contributed by atoms with Crippen molar-refractivity contribution in [2.45, 2.75) is 43.9 Å². The maximum absolute atomic E-state index is 13.7. The van der Waals surface area contributed by atoms with E-state index in [1.165, 1.54) is 7.11 Å². The number of rotatable bonds is 2. The zero-order valence-corrected chi connectivity index (χ0v) is 12.6. The highest BCUT2D eigenvalue weighted by Gasteiger charge is 2.45. The van der Waals surface area contributed by atoms with Gasteiger partial charge >= 0.3 is 6.09 Å². The number of piperidine rings is 1. The van der Waals surface area contributed by atoms with Crippen LogP contribution in [0.1, 0.15) is 25.7 Å². The molecule has 3 rings (SSSR count). The number of carbonyl (C=O) groups is 1. The Morgan fingerprint density at radius 2 is 1.38 bits per heavy atom. The zero-order valence-electron chi connectivity index (χ0n) is 12.6. The molecule has 0 radical (unpaired) electrons. The molecular formula is C15H14F5NO3. The summed E-state index contributed by atoms with van der Waals surface area (Å²) in [5.41, 5.74) is 0. The molecule has 24 heavy (non-hydrogen) atoms. The van der Waals surface area contributed by atoms with Crippen LogP contribution in [0.2, 0.25) is 0 Å². The van der Waals surface area contributed by atoms with Crippen LogP contribution in [0.5, 0.6) is 5.75 Å². The van der Waals surface area contributed by atoms with E-state index in [2.05, 4.69) is 0 Å². The van der Waals surface area contributed by atoms with Crippen molar-refractivity contribution >= 4 is 6.09 Å². The van der Waals surface area contributed by atoms with E-state index in [1.54, 1.807) is 4.90 Å². The molecule has 2 atom stereocenters. The summed E-state index contributed by atoms with van der Waals surface area (Å²) in [6.07, 6.45) is 0.526. The lowest BCUT2D eigenvalue weighted by atomic mass is 10.00. The lowest BCUT2D eigenvalue weighted by Gasteiger charge is -2.37. The minimum Gasteiger partial charge on any atom is -0.484 e. The number of amides is 1. The Morgan fingerprint density at radius 3 is 1.83 bits per heavy atom. The molecule has 2 unspecified atom stereocenters. The van der Waals surface area contributed by atoms with Crippen molar-refractivity contribution in [2.24, 2.45) is 0 Å². The van der Waals surface area contributed by atoms with E-state index in [1.807, 2.05) is 0 Å². The SMILES string of the molecule is COC(=O)N1C2CCC1CC(Oc1c(F)c(F)c(F)c(F)c1F)C2. The van der Waals surface area contributed by atoms with Gasteiger partial charge < -0.3 is 14.4 Å². The van der Waals surface area contributed by atoms with Crippen molar-refractivity contribution in [3.8, 4) is 5.75 Å². The Morgan fingerprint density at radius 1 is 0.917 bits per heavy atom. The molecule has 9 heteroatoms. The van der Waals surface area contributed by atoms with Gasteiger partial charge in [-0.3, -0.25) is 0 Å². The number of ether oxygens (including phenoxy) is 2. The average molecular weight is 351 g/mol. The number of carbonyl (C=O) groups excluding carboxylic acids is 1. The first-order valence-corrected chi connectivity index (χ1v) is 7.39. The number of halogens is 5. The van der Waals surface area contributed by atoms with Crippen LogP contribution >= 0.6 is 0 Å². The summed E-state index contributed by atoms with van der Waals surface area (Å²) in [4.78, 5) is 13.3. The standard InChI is InChI=1S/C15H14F5NO3/c1-23-15(22)21-6-2-3-7(21)5-8(4-6)24-14-12(19)10(17)9(16)11(18)13(14)20/h6-8H,2-5H2,1H3. The molecule has 0 saturated carbocycles. The van der Waals surface area contributed by atoms with Gasteiger partial charge in [0.1, 0.15) is 6.10 Å². The van der Waals surface area contributed by atoms with Crippen molar-refractivity contribution in [1.29, 1.82) is 0 Å². The van der Waals surface area contributed by atoms with Crippen molar-refractivity contribution in [3.05, 3.63) is 29.1 Å². The number of nitrogens with zero attached hydrogens (tertiary/aromatic N) is 1. The fourth-order valence-corrected chi connectivity index (χ4v) is 3.48. The first-order valence-electron chi connectivity index (χ1n) is 7.39. The van der Waals surface area contributed by atoms with Gasteiger partial charge in [0.2, 0.25) is 29.1 Å². The van der Waals surface area contributed by atoms with E-state index in [9.17, 15) is 26.7 Å². The van der Waals surface area contributed by atoms with E-state index in [-0.39, 0.29) is 24.9 Å². The molecule has 132 valence electrons. The Bertz CT molecular complexity index is 641. The highest BCUT2D eigenvalue weighted by atomic mass is 19.2. The molecule has 0 N–H and O–H groups in total. The minimum absolute atomic E-state index is 0.227. The van der Waals surface area contributed by atoms with Crippen LogP contribution < -0.4 is 4.74 Å². The molecule has 0 aromatic heterocycles. The summed E-state index contributed by atoms with van der Waals surface area (Å²) in [5, 5.41) is 0. The minimum atomic E-state index is -2.22. The Kier molecular flexibility index (Phi) is 4.27. The predicted octanol–water partition coefficient (Wildman–Crippen LogP) is 3.52. The van der Waals surface area contributed by atoms with Crippen molar-refractivity contribution < 1.29 is 36.2 Å². The molecule has 2 heterocycles. The molecule has 1 aromatic rings. The second-order valence-electron chi connectivity index (χ2n) is 5.87. The van der Waals surface area contributed by atoms with Gasteiger partial charge in [-0.1, -0.05) is 0 Å². The largest absolute Gasteiger partial charge is 0.484 e. The maximum Gasteiger partial charge on any atom is 0.409 e. The average Bonchev–Trinajstić information content (AvgIpc) is 2.85. The molecule has 2 saturated heterocycles. The quantitative estimate of drug-likeness (QED) is 0.465. The number of hydrogen-bond acceptors (Lipinski definition) is 3. The third-order valence-corrected chi connectivity index (χ3v) is 4.53. The van der Waals surface area contributed by atoms with Crippen molar-refractivity contribution in [3.63, 3.8) is 0 Å². The van der Waals surface area contributed by atoms with Crippen molar-refractivity contribution in [1.82, 2.24) is 4.90 Å². The van der Waals surface area contributed by atoms with Gasteiger partial charge in [0, 0.05) is 24.9 Å². The maximum atomic E-state index is 13.7. The summed E-state index contributed by atoms with van der Waals surface area (Å²) in [6, 6.07) is -0.495. The smallest absolute Gasteiger partial charge is 0.409 e. The Balaban J connectivity index is 1.81. The van der Waals surface area contributed by atoms with Crippen LogP contribution in [0.3, 0.4) is 0 Å². The van der Waals surface area contributed by atoms with Gasteiger partial charge in [0.15, 0.2) is 5.75 Å². The lowest BCUT2D eigenvalue weighted by Crippen LogP contribution is -2.49. The predicted molar refractivity (Wildman–Crippen MR) is 70.9 cm³/mol. The van der Waals surface area contributed by atoms with Crippen LogP contribution in [0.25, 0.3) is 0 Å². The van der Waals surface area contributed by atoms with E-state index in [4.69, 9.17) is 9.47 Å². The summed E-state index contributed by atoms with van der Waals surface area (Å²) in [7, 11) is 1.25. The van der Waals surface area contributed by atoms with Gasteiger partial charge in [0.25, 0.3) is 0 Å². The Labute approximate surface area is 134 Å². The molecule has 2 bridgehead atoms. The fraction of sp³-hybridized carbons (Fsp3) is 0.533. The van der Waals surface area contributed by atoms with Gasteiger partial charge in [0.05, 0.1) is 7.11 Å². The highest BCUT2D eigenvalue weighted by molar-refractivity contribution is 5.69. The monoisotopic (exact) mass is 351 g/mol. The van der Waals surface area contributed by atoms with E-state index < -0.39 is 47.0 Å². The number of benzene rings is 1. The van der Waals surface area contributed by atoms with Gasteiger partial charge in [-0.25, -0.2) is 18.0 Å². The van der Waals surface area contributed by atoms with Gasteiger partial charge in [-0.15, -0.1) is 0 Å². The third-order valence-electron chi connectivity index (χ3n) is 4.53. The molecule has 2 aliphatic rings. The molecular weight excluding hydrogens is 337 g/mol. The molecule has 1 aromatic carbocycles. The summed E-state index contributed by atoms with van der Waals surface area (Å²) >= 11 is 0. The van der Waals surface area contributed by atoms with E-state index in [0.29, 0.717) is 12.8 Å². The first-order chi connectivity index (χ1) is 11.3. The second-order valence-corrected chi connectivity index (χ2v) is 5.87. The summed E-state index contributed by atoms with van der Waals surface area (Å²) in [6.45, 7) is 0. The van der Waals surface area contributed by atoms with Crippen LogP contribution in [-0.4, -0.2) is 36.3 Å². The van der Waals surface area contributed by atoms with Gasteiger partial charge in [-0.2, -0.15) is 8.78 Å². The zero-order chi connectivity index (χ0) is 17.6. The highest BCUT2D eigenvalue weighted by Crippen LogP contribution is 2.39. The van der Waals surface area contributed by atoms with E-state index >= 15 is 0 Å². The molecule has 0 spiro atoms. The molecule has 2 aliphatic heterocycles. The molecule has 2 fully saturated rings. The second kappa shape index (κ2) is 6.10. The topological polar surface area (TPSA) is 38.8 Å². The fourth-order valence-electron chi connectivity index (χ4n) is 3.48. The normalized spacial score (nSPS) is 25.8. The Hall–Kier alpha value is -2.06. The number of fused-ring (bicyclic) bond motifs is 2. The van der Waals surface area contributed by atoms with Crippen LogP contribution in [0.15, 0.2) is 0 Å². The first kappa shape index (κ1) is 16.8. The van der Waals surface area contributed by atoms with Crippen LogP contribution in [-0.2, 0) is 4.74 Å². The van der Waals surface area contributed by atoms with E-state index in [0.717, 1.165) is 0 Å². The summed E-state index contributed by atoms with van der Waals surface area (Å²) < 4.78 is 76.7. The molecule has 4 nitrogen and oxygen atoms in total. The van der Waals surface area contributed by atoms with Crippen molar-refractivity contribution in [2.75, 3.05) is 7.11 Å².